The third-order valence-corrected chi connectivity index (χ3v) is 12.6. The Morgan fingerprint density at radius 1 is 0.852 bits per heavy atom. The highest BCUT2D eigenvalue weighted by molar-refractivity contribution is 6.23. The van der Waals surface area contributed by atoms with Crippen LogP contribution in [0.2, 0.25) is 0 Å². The molecule has 3 atom stereocenters. The molecule has 4 amide bonds. The van der Waals surface area contributed by atoms with Crippen LogP contribution in [0.1, 0.15) is 59.7 Å². The number of piperidine rings is 1. The zero-order valence-electron chi connectivity index (χ0n) is 30.8. The van der Waals surface area contributed by atoms with Crippen molar-refractivity contribution in [1.82, 2.24) is 30.2 Å². The summed E-state index contributed by atoms with van der Waals surface area (Å²) in [5.74, 6) is 0.0458. The number of hydrogen-bond acceptors (Lipinski definition) is 12. The lowest BCUT2D eigenvalue weighted by Gasteiger charge is -2.61. The molecule has 14 heteroatoms. The molecule has 0 radical (unpaired) electrons. The van der Waals surface area contributed by atoms with Gasteiger partial charge in [-0.3, -0.25) is 29.4 Å². The number of phenols is 1. The first kappa shape index (κ1) is 34.7. The minimum Gasteiger partial charge on any atom is -0.507 e. The first-order valence-corrected chi connectivity index (χ1v) is 19.3. The summed E-state index contributed by atoms with van der Waals surface area (Å²) in [7, 11) is 2.16. The third-order valence-electron chi connectivity index (χ3n) is 12.6. The van der Waals surface area contributed by atoms with Crippen LogP contribution in [0.4, 0.5) is 17.2 Å². The van der Waals surface area contributed by atoms with Crippen molar-refractivity contribution < 1.29 is 24.3 Å². The van der Waals surface area contributed by atoms with Gasteiger partial charge in [0.05, 0.1) is 28.6 Å². The maximum Gasteiger partial charge on any atom is 0.262 e. The molecule has 5 fully saturated rings. The van der Waals surface area contributed by atoms with E-state index in [0.717, 1.165) is 73.3 Å². The Bertz CT molecular complexity index is 2030. The van der Waals surface area contributed by atoms with E-state index < -0.39 is 23.8 Å². The second kappa shape index (κ2) is 13.3. The summed E-state index contributed by atoms with van der Waals surface area (Å²) < 4.78 is 0. The van der Waals surface area contributed by atoms with E-state index in [0.29, 0.717) is 33.8 Å². The number of rotatable bonds is 4. The van der Waals surface area contributed by atoms with Crippen LogP contribution in [0.15, 0.2) is 48.5 Å². The number of phenolic OH excluding ortho intramolecular Hbond substituents is 1. The lowest BCUT2D eigenvalue weighted by Crippen LogP contribution is -2.66. The van der Waals surface area contributed by atoms with E-state index in [2.05, 4.69) is 54.4 Å². The van der Waals surface area contributed by atoms with Crippen LogP contribution < -0.4 is 20.4 Å². The van der Waals surface area contributed by atoms with Crippen LogP contribution in [-0.4, -0.2) is 131 Å². The molecule has 1 spiro atoms. The number of likely N-dealkylation sites (N-methyl/N-ethyl adjacent to an activating group) is 1. The molecule has 3 N–H and O–H groups in total. The number of likely N-dealkylation sites (tertiary alicyclic amines) is 1. The number of benzene rings is 2. The normalized spacial score (nSPS) is 26.3. The van der Waals surface area contributed by atoms with Crippen LogP contribution >= 0.6 is 0 Å². The quantitative estimate of drug-likeness (QED) is 0.338. The molecule has 7 heterocycles. The number of imide groups is 2. The molecule has 2 aromatic carbocycles. The summed E-state index contributed by atoms with van der Waals surface area (Å²) in [4.78, 5) is 60.3. The van der Waals surface area contributed by atoms with E-state index in [1.807, 2.05) is 30.3 Å². The highest BCUT2D eigenvalue weighted by Crippen LogP contribution is 2.52. The van der Waals surface area contributed by atoms with E-state index in [4.69, 9.17) is 0 Å². The topological polar surface area (TPSA) is 155 Å². The van der Waals surface area contributed by atoms with Crippen LogP contribution in [0.25, 0.3) is 11.3 Å². The van der Waals surface area contributed by atoms with Gasteiger partial charge in [-0.25, -0.2) is 0 Å². The fourth-order valence-electron chi connectivity index (χ4n) is 9.62. The highest BCUT2D eigenvalue weighted by Gasteiger charge is 2.54. The molecule has 1 aliphatic carbocycles. The average molecular weight is 734 g/mol. The molecule has 3 unspecified atom stereocenters. The van der Waals surface area contributed by atoms with E-state index in [-0.39, 0.29) is 24.5 Å². The van der Waals surface area contributed by atoms with Gasteiger partial charge in [0.25, 0.3) is 11.8 Å². The van der Waals surface area contributed by atoms with Crippen molar-refractivity contribution in [3.8, 4) is 17.0 Å². The van der Waals surface area contributed by atoms with Gasteiger partial charge in [0.15, 0.2) is 5.82 Å². The van der Waals surface area contributed by atoms with Gasteiger partial charge in [0.1, 0.15) is 11.8 Å². The molecule has 14 nitrogen and oxygen atoms in total. The fourth-order valence-corrected chi connectivity index (χ4v) is 9.62. The highest BCUT2D eigenvalue weighted by atomic mass is 16.3. The molecule has 54 heavy (non-hydrogen) atoms. The molecule has 0 bridgehead atoms. The van der Waals surface area contributed by atoms with E-state index in [1.165, 1.54) is 32.4 Å². The lowest BCUT2D eigenvalue weighted by atomic mass is 9.60. The summed E-state index contributed by atoms with van der Waals surface area (Å²) >= 11 is 0. The van der Waals surface area contributed by atoms with Gasteiger partial charge >= 0.3 is 0 Å². The number of nitrogens with zero attached hydrogens (tertiary/aromatic N) is 7. The van der Waals surface area contributed by atoms with Crippen LogP contribution in [0, 0.1) is 11.3 Å². The predicted molar refractivity (Wildman–Crippen MR) is 202 cm³/mol. The second-order valence-electron chi connectivity index (χ2n) is 16.5. The standard InChI is InChI=1S/C24H28N4O4.C16H19N5O/c1-14-6-7-26(11-14)16-9-24(10-16)12-27(13-24)15-2-3-17-18(8-15)23(32)28(22(17)31)19-4-5-20(29)25-21(19)30;1-20-6-7-21-11(10-20)9-17-16-14(21)8-13(18-19-16)12-4-2-3-5-15(12)22/h2-3,8,14,16,19H,4-7,9-13H2,1H3,(H,25,29,30);2-5,8,11,22H,6-7,9-10H2,1H3,(H,17,19). The zero-order chi connectivity index (χ0) is 37.3. The Morgan fingerprint density at radius 3 is 2.41 bits per heavy atom. The molecule has 10 rings (SSSR count). The van der Waals surface area contributed by atoms with E-state index >= 15 is 0 Å². The van der Waals surface area contributed by atoms with Crippen molar-refractivity contribution in [2.75, 3.05) is 74.5 Å². The van der Waals surface area contributed by atoms with Crippen LogP contribution in [0.5, 0.6) is 5.75 Å². The van der Waals surface area contributed by atoms with Gasteiger partial charge in [0.2, 0.25) is 11.8 Å². The van der Waals surface area contributed by atoms with Crippen molar-refractivity contribution in [2.24, 2.45) is 11.3 Å². The second-order valence-corrected chi connectivity index (χ2v) is 16.5. The molecule has 282 valence electrons. The Morgan fingerprint density at radius 2 is 1.65 bits per heavy atom. The maximum atomic E-state index is 13.0. The number of anilines is 3. The van der Waals surface area contributed by atoms with Crippen LogP contribution in [0.3, 0.4) is 0 Å². The summed E-state index contributed by atoms with van der Waals surface area (Å²) in [6, 6.07) is 14.9. The lowest BCUT2D eigenvalue weighted by molar-refractivity contribution is -0.136. The van der Waals surface area contributed by atoms with Crippen LogP contribution in [-0.2, 0) is 9.59 Å². The van der Waals surface area contributed by atoms with Crippen molar-refractivity contribution in [3.63, 3.8) is 0 Å². The number of aromatic hydroxyl groups is 1. The number of aromatic nitrogens is 2. The molecule has 3 aromatic rings. The Kier molecular flexibility index (Phi) is 8.57. The minimum atomic E-state index is -0.920. The zero-order valence-corrected chi connectivity index (χ0v) is 30.8. The number of piperazine rings is 1. The molecule has 4 saturated heterocycles. The smallest absolute Gasteiger partial charge is 0.262 e. The largest absolute Gasteiger partial charge is 0.507 e. The molecular weight excluding hydrogens is 686 g/mol. The summed E-state index contributed by atoms with van der Waals surface area (Å²) in [6.45, 7) is 10.7. The van der Waals surface area contributed by atoms with Gasteiger partial charge < -0.3 is 30.0 Å². The summed E-state index contributed by atoms with van der Waals surface area (Å²) in [5.41, 5.74) is 4.55. The van der Waals surface area contributed by atoms with Crippen molar-refractivity contribution in [2.45, 2.75) is 57.2 Å². The van der Waals surface area contributed by atoms with Crippen molar-refractivity contribution in [3.05, 3.63) is 59.7 Å². The number of para-hydroxylation sites is 1. The molecule has 1 aromatic heterocycles. The molecular formula is C40H47N9O5. The maximum absolute atomic E-state index is 13.0. The number of amides is 4. The van der Waals surface area contributed by atoms with Crippen molar-refractivity contribution >= 4 is 40.8 Å². The SMILES string of the molecule is CC1CCN(C2CC3(C2)CN(c2ccc4c(c2)C(=O)N(C2CCC(=O)NC2=O)C4=O)C3)C1.CN1CCN2c3cc(-c4ccccc4O)nnc3NCC2C1. The van der Waals surface area contributed by atoms with Gasteiger partial charge in [-0.15, -0.1) is 10.2 Å². The van der Waals surface area contributed by atoms with Gasteiger partial charge in [0, 0.05) is 74.9 Å². The van der Waals surface area contributed by atoms with Gasteiger partial charge in [-0.05, 0) is 81.6 Å². The number of fused-ring (bicyclic) bond motifs is 4. The third kappa shape index (κ3) is 6.05. The minimum absolute atomic E-state index is 0.127. The number of hydrogen-bond donors (Lipinski definition) is 3. The summed E-state index contributed by atoms with van der Waals surface area (Å²) in [6.07, 6.45) is 4.12. The first-order chi connectivity index (χ1) is 26.1. The number of nitrogens with one attached hydrogen (secondary N) is 2. The fraction of sp³-hybridized carbons (Fsp3) is 0.500. The summed E-state index contributed by atoms with van der Waals surface area (Å²) in [5, 5.41) is 24.2. The predicted octanol–water partition coefficient (Wildman–Crippen LogP) is 2.79. The van der Waals surface area contributed by atoms with E-state index in [9.17, 15) is 24.3 Å². The average Bonchev–Trinajstić information content (AvgIpc) is 3.66. The first-order valence-electron chi connectivity index (χ1n) is 19.3. The molecule has 6 aliphatic heterocycles. The van der Waals surface area contributed by atoms with Crippen molar-refractivity contribution in [1.29, 1.82) is 0 Å². The van der Waals surface area contributed by atoms with Gasteiger partial charge in [-0.2, -0.15) is 0 Å². The number of carbonyl (C=O) groups excluding carboxylic acids is 4. The Balaban J connectivity index is 0.000000153. The monoisotopic (exact) mass is 733 g/mol. The molecule has 1 saturated carbocycles. The Hall–Kier alpha value is -5.08. The molecule has 7 aliphatic rings. The number of carbonyl (C=O) groups is 4. The van der Waals surface area contributed by atoms with Gasteiger partial charge in [-0.1, -0.05) is 19.1 Å². The van der Waals surface area contributed by atoms with E-state index in [1.54, 1.807) is 18.2 Å². The Labute approximate surface area is 314 Å².